The van der Waals surface area contributed by atoms with Gasteiger partial charge in [0.1, 0.15) is 29.8 Å². The number of anilines is 2. The number of unbranched alkanes of at least 4 members (excludes halogenated alkanes) is 1. The minimum absolute atomic E-state index is 0.0568. The zero-order valence-corrected chi connectivity index (χ0v) is 24.0. The van der Waals surface area contributed by atoms with E-state index in [1.165, 1.54) is 12.4 Å². The van der Waals surface area contributed by atoms with E-state index < -0.39 is 0 Å². The molecule has 2 aromatic heterocycles. The van der Waals surface area contributed by atoms with Crippen molar-refractivity contribution >= 4 is 28.3 Å². The van der Waals surface area contributed by atoms with Crippen LogP contribution in [0.1, 0.15) is 25.7 Å². The van der Waals surface area contributed by atoms with Crippen LogP contribution >= 0.6 is 0 Å². The van der Waals surface area contributed by atoms with Crippen molar-refractivity contribution in [3.05, 3.63) is 67.7 Å². The summed E-state index contributed by atoms with van der Waals surface area (Å²) in [7, 11) is 3.32. The van der Waals surface area contributed by atoms with Gasteiger partial charge in [0, 0.05) is 56.7 Å². The van der Waals surface area contributed by atoms with Crippen molar-refractivity contribution in [1.82, 2.24) is 14.9 Å². The topological polar surface area (TPSA) is 108 Å². The van der Waals surface area contributed by atoms with Crippen molar-refractivity contribution in [3.8, 4) is 28.6 Å². The Morgan fingerprint density at radius 3 is 2.64 bits per heavy atom. The summed E-state index contributed by atoms with van der Waals surface area (Å²) in [5.41, 5.74) is 2.34. The van der Waals surface area contributed by atoms with Gasteiger partial charge in [0.2, 0.25) is 5.91 Å². The quantitative estimate of drug-likeness (QED) is 0.152. The Morgan fingerprint density at radius 1 is 1.07 bits per heavy atom. The molecule has 10 heteroatoms. The monoisotopic (exact) mass is 572 g/mol. The first-order valence-corrected chi connectivity index (χ1v) is 14.1. The van der Waals surface area contributed by atoms with Crippen LogP contribution in [0.4, 0.5) is 11.5 Å². The molecule has 4 aromatic rings. The highest BCUT2D eigenvalue weighted by molar-refractivity contribution is 5.93. The van der Waals surface area contributed by atoms with Crippen LogP contribution in [0.5, 0.6) is 17.2 Å². The second-order valence-electron chi connectivity index (χ2n) is 9.95. The number of methoxy groups -OCH3 is 2. The first kappa shape index (κ1) is 28.9. The number of benzene rings is 2. The Hall–Kier alpha value is -4.57. The van der Waals surface area contributed by atoms with Gasteiger partial charge in [-0.05, 0) is 55.3 Å². The maximum Gasteiger partial charge on any atom is 0.245 e. The van der Waals surface area contributed by atoms with Crippen LogP contribution in [0.3, 0.4) is 0 Å². The number of hydrogen-bond donors (Lipinski definition) is 1. The summed E-state index contributed by atoms with van der Waals surface area (Å²) < 4.78 is 29.1. The maximum absolute atomic E-state index is 12.0. The average molecular weight is 573 g/mol. The van der Waals surface area contributed by atoms with Crippen molar-refractivity contribution in [2.75, 3.05) is 45.8 Å². The van der Waals surface area contributed by atoms with E-state index >= 15 is 0 Å². The molecule has 0 spiro atoms. The molecule has 0 unspecified atom stereocenters. The number of rotatable bonds is 13. The molecule has 0 saturated carbocycles. The van der Waals surface area contributed by atoms with E-state index in [9.17, 15) is 4.79 Å². The molecular weight excluding hydrogens is 536 g/mol. The van der Waals surface area contributed by atoms with Gasteiger partial charge in [-0.1, -0.05) is 6.58 Å². The number of amides is 1. The third kappa shape index (κ3) is 6.83. The van der Waals surface area contributed by atoms with Crippen LogP contribution in [0.15, 0.2) is 72.1 Å². The SMILES string of the molecule is C=CC(=O)N1CCC(Oc2cc3c(Nc4cc(-c5ccco5)ccc4OC)ncnc3cc2OCCCCOC)CC1. The lowest BCUT2D eigenvalue weighted by atomic mass is 10.1. The lowest BCUT2D eigenvalue weighted by Gasteiger charge is -2.32. The molecule has 0 bridgehead atoms. The third-order valence-electron chi connectivity index (χ3n) is 7.18. The van der Waals surface area contributed by atoms with Gasteiger partial charge in [-0.2, -0.15) is 0 Å². The Labute approximate surface area is 245 Å². The van der Waals surface area contributed by atoms with Crippen LogP contribution in [0.25, 0.3) is 22.2 Å². The fourth-order valence-electron chi connectivity index (χ4n) is 4.93. The smallest absolute Gasteiger partial charge is 0.245 e. The second-order valence-corrected chi connectivity index (χ2v) is 9.95. The van der Waals surface area contributed by atoms with Gasteiger partial charge >= 0.3 is 0 Å². The average Bonchev–Trinajstić information content (AvgIpc) is 3.57. The van der Waals surface area contributed by atoms with Gasteiger partial charge in [-0.15, -0.1) is 0 Å². The number of likely N-dealkylation sites (tertiary alicyclic amines) is 1. The highest BCUT2D eigenvalue weighted by Crippen LogP contribution is 2.38. The molecule has 0 radical (unpaired) electrons. The van der Waals surface area contributed by atoms with E-state index in [1.807, 2.05) is 42.5 Å². The number of nitrogens with zero attached hydrogens (tertiary/aromatic N) is 3. The fourth-order valence-corrected chi connectivity index (χ4v) is 4.93. The lowest BCUT2D eigenvalue weighted by Crippen LogP contribution is -2.41. The molecule has 0 aliphatic carbocycles. The number of piperidine rings is 1. The van der Waals surface area contributed by atoms with Crippen molar-refractivity contribution in [3.63, 3.8) is 0 Å². The van der Waals surface area contributed by atoms with Crippen LogP contribution < -0.4 is 19.5 Å². The maximum atomic E-state index is 12.0. The van der Waals surface area contributed by atoms with Crippen molar-refractivity contribution in [2.24, 2.45) is 0 Å². The molecule has 1 aliphatic rings. The third-order valence-corrected chi connectivity index (χ3v) is 7.18. The minimum Gasteiger partial charge on any atom is -0.495 e. The molecule has 1 aliphatic heterocycles. The summed E-state index contributed by atoms with van der Waals surface area (Å²) in [4.78, 5) is 22.9. The molecule has 0 atom stereocenters. The molecule has 220 valence electrons. The normalized spacial score (nSPS) is 13.6. The summed E-state index contributed by atoms with van der Waals surface area (Å²) in [6, 6.07) is 13.4. The van der Waals surface area contributed by atoms with Crippen LogP contribution in [0.2, 0.25) is 0 Å². The van der Waals surface area contributed by atoms with Gasteiger partial charge < -0.3 is 33.6 Å². The highest BCUT2D eigenvalue weighted by Gasteiger charge is 2.24. The van der Waals surface area contributed by atoms with E-state index in [2.05, 4.69) is 21.9 Å². The highest BCUT2D eigenvalue weighted by atomic mass is 16.5. The Bertz CT molecular complexity index is 1500. The minimum atomic E-state index is -0.0710. The number of ether oxygens (including phenoxy) is 4. The Balaban J connectivity index is 1.44. The van der Waals surface area contributed by atoms with E-state index in [4.69, 9.17) is 23.4 Å². The molecule has 3 heterocycles. The van der Waals surface area contributed by atoms with Gasteiger partial charge in [-0.25, -0.2) is 9.97 Å². The molecular formula is C32H36N4O6. The molecule has 1 saturated heterocycles. The number of carbonyl (C=O) groups is 1. The van der Waals surface area contributed by atoms with Gasteiger partial charge in [0.25, 0.3) is 0 Å². The second kappa shape index (κ2) is 13.9. The number of hydrogen-bond acceptors (Lipinski definition) is 9. The lowest BCUT2D eigenvalue weighted by molar-refractivity contribution is -0.127. The van der Waals surface area contributed by atoms with E-state index in [0.717, 1.165) is 35.2 Å². The fraction of sp³-hybridized carbons (Fsp3) is 0.344. The number of aromatic nitrogens is 2. The first-order chi connectivity index (χ1) is 20.6. The van der Waals surface area contributed by atoms with Gasteiger partial charge in [-0.3, -0.25) is 4.79 Å². The summed E-state index contributed by atoms with van der Waals surface area (Å²) in [5.74, 6) is 3.17. The molecule has 1 amide bonds. The predicted octanol–water partition coefficient (Wildman–Crippen LogP) is 6.00. The molecule has 10 nitrogen and oxygen atoms in total. The van der Waals surface area contributed by atoms with Crippen molar-refractivity contribution < 1.29 is 28.2 Å². The first-order valence-electron chi connectivity index (χ1n) is 14.1. The summed E-state index contributed by atoms with van der Waals surface area (Å²) >= 11 is 0. The number of nitrogens with one attached hydrogen (secondary N) is 1. The van der Waals surface area contributed by atoms with E-state index in [-0.39, 0.29) is 12.0 Å². The van der Waals surface area contributed by atoms with E-state index in [1.54, 1.807) is 25.4 Å². The number of carbonyl (C=O) groups excluding carboxylic acids is 1. The largest absolute Gasteiger partial charge is 0.495 e. The molecule has 2 aromatic carbocycles. The molecule has 1 fully saturated rings. The Kier molecular flexibility index (Phi) is 9.55. The van der Waals surface area contributed by atoms with Crippen molar-refractivity contribution in [2.45, 2.75) is 31.8 Å². The molecule has 1 N–H and O–H groups in total. The number of furan rings is 1. The van der Waals surface area contributed by atoms with E-state index in [0.29, 0.717) is 67.7 Å². The molecule has 5 rings (SSSR count). The van der Waals surface area contributed by atoms with Gasteiger partial charge in [0.15, 0.2) is 11.5 Å². The Morgan fingerprint density at radius 2 is 1.90 bits per heavy atom. The number of fused-ring (bicyclic) bond motifs is 1. The summed E-state index contributed by atoms with van der Waals surface area (Å²) in [6.45, 7) is 6.02. The summed E-state index contributed by atoms with van der Waals surface area (Å²) in [6.07, 6.45) is 7.59. The van der Waals surface area contributed by atoms with Crippen LogP contribution in [-0.2, 0) is 9.53 Å². The van der Waals surface area contributed by atoms with Gasteiger partial charge in [0.05, 0.1) is 31.2 Å². The van der Waals surface area contributed by atoms with Crippen LogP contribution in [-0.4, -0.2) is 67.4 Å². The summed E-state index contributed by atoms with van der Waals surface area (Å²) in [5, 5.41) is 4.20. The standard InChI is InChI=1S/C32H36N4O6/c1-4-31(37)36-13-11-23(12-14-36)42-30-19-24-25(20-29(30)41-16-6-5-15-38-2)33-21-34-32(24)35-26-18-22(9-10-28(26)39-3)27-8-7-17-40-27/h4,7-10,17-21,23H,1,5-6,11-16H2,2-3H3,(H,33,34,35). The molecule has 42 heavy (non-hydrogen) atoms. The van der Waals surface area contributed by atoms with Crippen molar-refractivity contribution in [1.29, 1.82) is 0 Å². The predicted molar refractivity (Wildman–Crippen MR) is 161 cm³/mol. The zero-order chi connectivity index (χ0) is 29.3. The van der Waals surface area contributed by atoms with Crippen LogP contribution in [0, 0.1) is 0 Å². The zero-order valence-electron chi connectivity index (χ0n) is 24.0.